The van der Waals surface area contributed by atoms with Crippen molar-refractivity contribution >= 4 is 40.0 Å². The van der Waals surface area contributed by atoms with Crippen LogP contribution in [0.25, 0.3) is 11.0 Å². The number of amides is 3. The fourth-order valence-corrected chi connectivity index (χ4v) is 3.84. The van der Waals surface area contributed by atoms with Crippen molar-refractivity contribution in [3.05, 3.63) is 58.0 Å². The van der Waals surface area contributed by atoms with Crippen LogP contribution in [0.15, 0.2) is 46.9 Å². The first-order valence-corrected chi connectivity index (χ1v) is 8.93. The predicted molar refractivity (Wildman–Crippen MR) is 97.2 cm³/mol. The predicted octanol–water partition coefficient (Wildman–Crippen LogP) is 3.45. The molecule has 1 atom stereocenters. The lowest BCUT2D eigenvalue weighted by Gasteiger charge is -2.18. The number of para-hydroxylation sites is 1. The van der Waals surface area contributed by atoms with Gasteiger partial charge in [-0.3, -0.25) is 14.5 Å². The standard InChI is InChI=1S/C19H16N2O4S/c1-11-7-8-15(26-11)13(22)10-21-17(23)19(2,20-18(21)24)16-9-12-5-3-4-6-14(12)25-16/h3-9H,10H2,1-2H3,(H,20,24). The molecule has 1 aliphatic rings. The molecule has 0 spiro atoms. The third-order valence-corrected chi connectivity index (χ3v) is 5.55. The van der Waals surface area contributed by atoms with E-state index in [1.165, 1.54) is 11.3 Å². The summed E-state index contributed by atoms with van der Waals surface area (Å²) >= 11 is 1.34. The molecule has 2 aromatic heterocycles. The van der Waals surface area contributed by atoms with E-state index < -0.39 is 17.5 Å². The van der Waals surface area contributed by atoms with E-state index in [1.54, 1.807) is 25.1 Å². The number of nitrogens with one attached hydrogen (secondary N) is 1. The minimum absolute atomic E-state index is 0.263. The van der Waals surface area contributed by atoms with Crippen LogP contribution in [0, 0.1) is 6.92 Å². The van der Waals surface area contributed by atoms with E-state index in [2.05, 4.69) is 5.32 Å². The van der Waals surface area contributed by atoms with Gasteiger partial charge in [-0.2, -0.15) is 0 Å². The third kappa shape index (κ3) is 2.52. The van der Waals surface area contributed by atoms with Gasteiger partial charge in [-0.05, 0) is 38.1 Å². The number of carbonyl (C=O) groups excluding carboxylic acids is 3. The fourth-order valence-electron chi connectivity index (χ4n) is 3.04. The quantitative estimate of drug-likeness (QED) is 0.565. The Hall–Kier alpha value is -2.93. The molecule has 1 aliphatic heterocycles. The number of ketones is 1. The van der Waals surface area contributed by atoms with Gasteiger partial charge in [0.2, 0.25) is 0 Å². The summed E-state index contributed by atoms with van der Waals surface area (Å²) in [5.41, 5.74) is -0.698. The molecule has 0 radical (unpaired) electrons. The maximum Gasteiger partial charge on any atom is 0.325 e. The number of hydrogen-bond acceptors (Lipinski definition) is 5. The lowest BCUT2D eigenvalue weighted by molar-refractivity contribution is -0.131. The molecule has 3 heterocycles. The van der Waals surface area contributed by atoms with Crippen LogP contribution in [-0.2, 0) is 10.3 Å². The first-order chi connectivity index (χ1) is 12.4. The van der Waals surface area contributed by atoms with Crippen LogP contribution in [0.3, 0.4) is 0 Å². The van der Waals surface area contributed by atoms with Gasteiger partial charge in [-0.15, -0.1) is 11.3 Å². The number of Topliss-reactive ketones (excluding diaryl/α,β-unsaturated/α-hetero) is 1. The van der Waals surface area contributed by atoms with Gasteiger partial charge < -0.3 is 9.73 Å². The van der Waals surface area contributed by atoms with Gasteiger partial charge >= 0.3 is 6.03 Å². The Morgan fingerprint density at radius 1 is 1.23 bits per heavy atom. The Bertz CT molecular complexity index is 1020. The van der Waals surface area contributed by atoms with Crippen LogP contribution in [0.5, 0.6) is 0 Å². The first kappa shape index (κ1) is 16.5. The lowest BCUT2D eigenvalue weighted by Crippen LogP contribution is -2.41. The van der Waals surface area contributed by atoms with Gasteiger partial charge in [0.15, 0.2) is 11.3 Å². The van der Waals surface area contributed by atoms with Gasteiger partial charge in [0.05, 0.1) is 11.4 Å². The average Bonchev–Trinajstić information content (AvgIpc) is 3.29. The number of urea groups is 1. The number of thiophene rings is 1. The van der Waals surface area contributed by atoms with E-state index in [0.717, 1.165) is 15.2 Å². The second-order valence-corrected chi connectivity index (χ2v) is 7.72. The summed E-state index contributed by atoms with van der Waals surface area (Å²) < 4.78 is 5.77. The highest BCUT2D eigenvalue weighted by Crippen LogP contribution is 2.33. The molecule has 26 heavy (non-hydrogen) atoms. The average molecular weight is 368 g/mol. The highest BCUT2D eigenvalue weighted by molar-refractivity contribution is 7.14. The summed E-state index contributed by atoms with van der Waals surface area (Å²) in [7, 11) is 0. The highest BCUT2D eigenvalue weighted by atomic mass is 32.1. The van der Waals surface area contributed by atoms with Crippen LogP contribution in [0.2, 0.25) is 0 Å². The molecule has 1 N–H and O–H groups in total. The number of aryl methyl sites for hydroxylation is 1. The molecule has 1 aromatic carbocycles. The van der Waals surface area contributed by atoms with E-state index in [1.807, 2.05) is 31.2 Å². The summed E-state index contributed by atoms with van der Waals surface area (Å²) in [4.78, 5) is 40.2. The number of hydrogen-bond donors (Lipinski definition) is 1. The van der Waals surface area contributed by atoms with Crippen molar-refractivity contribution in [1.29, 1.82) is 0 Å². The molecule has 1 fully saturated rings. The third-order valence-electron chi connectivity index (χ3n) is 4.51. The smallest absolute Gasteiger partial charge is 0.325 e. The Balaban J connectivity index is 1.62. The van der Waals surface area contributed by atoms with Crippen molar-refractivity contribution in [2.75, 3.05) is 6.54 Å². The summed E-state index contributed by atoms with van der Waals surface area (Å²) in [5, 5.41) is 3.51. The molecule has 132 valence electrons. The number of furan rings is 1. The van der Waals surface area contributed by atoms with E-state index >= 15 is 0 Å². The molecular weight excluding hydrogens is 352 g/mol. The number of benzene rings is 1. The number of imide groups is 1. The second kappa shape index (κ2) is 5.81. The molecule has 4 rings (SSSR count). The lowest BCUT2D eigenvalue weighted by atomic mass is 9.99. The van der Waals surface area contributed by atoms with Gasteiger partial charge in [-0.25, -0.2) is 4.79 Å². The molecule has 0 aliphatic carbocycles. The Labute approximate surface area is 153 Å². The minimum atomic E-state index is -1.33. The van der Waals surface area contributed by atoms with Gasteiger partial charge in [-0.1, -0.05) is 18.2 Å². The normalized spacial score (nSPS) is 20.0. The first-order valence-electron chi connectivity index (χ1n) is 8.11. The molecule has 6 nitrogen and oxygen atoms in total. The van der Waals surface area contributed by atoms with Gasteiger partial charge in [0.1, 0.15) is 11.3 Å². The number of rotatable bonds is 4. The molecule has 1 unspecified atom stereocenters. The summed E-state index contributed by atoms with van der Waals surface area (Å²) in [6.07, 6.45) is 0. The van der Waals surface area contributed by atoms with Gasteiger partial charge in [0.25, 0.3) is 5.91 Å². The summed E-state index contributed by atoms with van der Waals surface area (Å²) in [5.74, 6) is -0.414. The molecule has 1 saturated heterocycles. The van der Waals surface area contributed by atoms with Gasteiger partial charge in [0, 0.05) is 10.3 Å². The van der Waals surface area contributed by atoms with E-state index in [9.17, 15) is 14.4 Å². The van der Waals surface area contributed by atoms with Crippen molar-refractivity contribution in [2.45, 2.75) is 19.4 Å². The monoisotopic (exact) mass is 368 g/mol. The van der Waals surface area contributed by atoms with E-state index in [0.29, 0.717) is 16.2 Å². The Morgan fingerprint density at radius 3 is 2.69 bits per heavy atom. The maximum atomic E-state index is 12.9. The van der Waals surface area contributed by atoms with Crippen molar-refractivity contribution in [3.8, 4) is 0 Å². The van der Waals surface area contributed by atoms with E-state index in [4.69, 9.17) is 4.42 Å². The second-order valence-electron chi connectivity index (χ2n) is 6.43. The largest absolute Gasteiger partial charge is 0.458 e. The zero-order chi connectivity index (χ0) is 18.5. The number of nitrogens with zero attached hydrogens (tertiary/aromatic N) is 1. The maximum absolute atomic E-state index is 12.9. The van der Waals surface area contributed by atoms with Crippen molar-refractivity contribution < 1.29 is 18.8 Å². The molecule has 7 heteroatoms. The van der Waals surface area contributed by atoms with Crippen LogP contribution in [0.1, 0.15) is 27.2 Å². The van der Waals surface area contributed by atoms with Crippen molar-refractivity contribution in [2.24, 2.45) is 0 Å². The minimum Gasteiger partial charge on any atom is -0.458 e. The van der Waals surface area contributed by atoms with E-state index in [-0.39, 0.29) is 12.3 Å². The molecular formula is C19H16N2O4S. The van der Waals surface area contributed by atoms with Crippen molar-refractivity contribution in [3.63, 3.8) is 0 Å². The summed E-state index contributed by atoms with van der Waals surface area (Å²) in [6, 6.07) is 12.0. The number of carbonyl (C=O) groups is 3. The fraction of sp³-hybridized carbons (Fsp3) is 0.211. The molecule has 0 saturated carbocycles. The topological polar surface area (TPSA) is 79.6 Å². The van der Waals surface area contributed by atoms with Crippen LogP contribution in [-0.4, -0.2) is 29.2 Å². The molecule has 3 aromatic rings. The Morgan fingerprint density at radius 2 is 2.00 bits per heavy atom. The van der Waals surface area contributed by atoms with Crippen molar-refractivity contribution in [1.82, 2.24) is 10.2 Å². The van der Waals surface area contributed by atoms with Crippen LogP contribution >= 0.6 is 11.3 Å². The summed E-state index contributed by atoms with van der Waals surface area (Å²) in [6.45, 7) is 3.19. The highest BCUT2D eigenvalue weighted by Gasteiger charge is 2.51. The zero-order valence-electron chi connectivity index (χ0n) is 14.2. The molecule has 0 bridgehead atoms. The molecule has 3 amide bonds. The Kier molecular flexibility index (Phi) is 3.69. The SMILES string of the molecule is Cc1ccc(C(=O)CN2C(=O)NC(C)(c3cc4ccccc4o3)C2=O)s1. The van der Waals surface area contributed by atoms with Crippen LogP contribution < -0.4 is 5.32 Å². The van der Waals surface area contributed by atoms with Crippen LogP contribution in [0.4, 0.5) is 4.79 Å². The zero-order valence-corrected chi connectivity index (χ0v) is 15.1. The number of fused-ring (bicyclic) bond motifs is 1.